The Balaban J connectivity index is 0.00000180. The Morgan fingerprint density at radius 2 is 2.05 bits per heavy atom. The summed E-state index contributed by atoms with van der Waals surface area (Å²) in [6.07, 6.45) is 1.82. The molecule has 1 aromatic heterocycles. The van der Waals surface area contributed by atoms with Crippen LogP contribution in [0.2, 0.25) is 0 Å². The highest BCUT2D eigenvalue weighted by atomic mass is 35.5. The van der Waals surface area contributed by atoms with E-state index in [1.54, 1.807) is 7.05 Å². The number of aromatic nitrogens is 1. The van der Waals surface area contributed by atoms with Gasteiger partial charge in [0, 0.05) is 38.9 Å². The van der Waals surface area contributed by atoms with Gasteiger partial charge in [0.05, 0.1) is 12.2 Å². The third-order valence-corrected chi connectivity index (χ3v) is 3.16. The van der Waals surface area contributed by atoms with Crippen molar-refractivity contribution in [2.24, 2.45) is 0 Å². The van der Waals surface area contributed by atoms with Gasteiger partial charge in [-0.1, -0.05) is 6.07 Å². The van der Waals surface area contributed by atoms with Crippen LogP contribution in [0.1, 0.15) is 5.69 Å². The highest BCUT2D eigenvalue weighted by Crippen LogP contribution is 2.06. The molecule has 5 nitrogen and oxygen atoms in total. The van der Waals surface area contributed by atoms with Crippen LogP contribution >= 0.6 is 12.4 Å². The number of rotatable bonds is 4. The van der Waals surface area contributed by atoms with E-state index in [1.165, 1.54) is 0 Å². The zero-order valence-corrected chi connectivity index (χ0v) is 12.0. The average molecular weight is 285 g/mol. The highest BCUT2D eigenvalue weighted by Gasteiger charge is 2.20. The topological polar surface area (TPSA) is 48.5 Å². The largest absolute Gasteiger partial charge is 0.339 e. The van der Waals surface area contributed by atoms with Crippen molar-refractivity contribution in [1.29, 1.82) is 0 Å². The molecule has 0 spiro atoms. The lowest BCUT2D eigenvalue weighted by Crippen LogP contribution is -2.50. The second-order valence-electron chi connectivity index (χ2n) is 4.51. The van der Waals surface area contributed by atoms with Crippen LogP contribution in [0.25, 0.3) is 0 Å². The van der Waals surface area contributed by atoms with E-state index in [0.717, 1.165) is 38.4 Å². The fraction of sp³-hybridized carbons (Fsp3) is 0.538. The number of nitrogens with one attached hydrogen (secondary N) is 1. The number of nitrogens with zero attached hydrogens (tertiary/aromatic N) is 3. The molecule has 19 heavy (non-hydrogen) atoms. The summed E-state index contributed by atoms with van der Waals surface area (Å²) < 4.78 is 0. The number of piperazine rings is 1. The summed E-state index contributed by atoms with van der Waals surface area (Å²) >= 11 is 0. The third-order valence-electron chi connectivity index (χ3n) is 3.16. The molecule has 1 saturated heterocycles. The minimum Gasteiger partial charge on any atom is -0.339 e. The van der Waals surface area contributed by atoms with Gasteiger partial charge in [-0.3, -0.25) is 14.7 Å². The lowest BCUT2D eigenvalue weighted by atomic mass is 10.2. The molecule has 0 bridgehead atoms. The number of carbonyl (C=O) groups excluding carboxylic acids is 1. The molecule has 0 aliphatic carbocycles. The molecule has 1 aromatic rings. The average Bonchev–Trinajstić information content (AvgIpc) is 2.41. The second-order valence-corrected chi connectivity index (χ2v) is 4.51. The van der Waals surface area contributed by atoms with Gasteiger partial charge in [0.25, 0.3) is 0 Å². The van der Waals surface area contributed by atoms with Crippen molar-refractivity contribution >= 4 is 18.3 Å². The van der Waals surface area contributed by atoms with Crippen LogP contribution in [0.3, 0.4) is 0 Å². The van der Waals surface area contributed by atoms with Gasteiger partial charge in [-0.15, -0.1) is 12.4 Å². The summed E-state index contributed by atoms with van der Waals surface area (Å²) in [6, 6.07) is 5.98. The van der Waals surface area contributed by atoms with Crippen molar-refractivity contribution < 1.29 is 4.79 Å². The lowest BCUT2D eigenvalue weighted by molar-refractivity contribution is -0.131. The zero-order valence-electron chi connectivity index (χ0n) is 11.2. The number of carbonyl (C=O) groups is 1. The van der Waals surface area contributed by atoms with Crippen LogP contribution in [0.5, 0.6) is 0 Å². The standard InChI is InChI=1S/C13H20N4O.ClH/c1-14-10-13(18)17-8-6-16(7-9-17)11-12-4-2-3-5-15-12;/h2-5,14H,6-11H2,1H3;1H. The Labute approximate surface area is 120 Å². The van der Waals surface area contributed by atoms with Gasteiger partial charge in [-0.25, -0.2) is 0 Å². The van der Waals surface area contributed by atoms with Gasteiger partial charge in [0.2, 0.25) is 5.91 Å². The molecular weight excluding hydrogens is 264 g/mol. The molecular formula is C13H21ClN4O. The molecule has 0 unspecified atom stereocenters. The number of pyridine rings is 1. The maximum atomic E-state index is 11.7. The minimum atomic E-state index is 0. The molecule has 106 valence electrons. The summed E-state index contributed by atoms with van der Waals surface area (Å²) in [7, 11) is 1.80. The van der Waals surface area contributed by atoms with Crippen molar-refractivity contribution in [2.45, 2.75) is 6.54 Å². The maximum absolute atomic E-state index is 11.7. The van der Waals surface area contributed by atoms with Gasteiger partial charge < -0.3 is 10.2 Å². The van der Waals surface area contributed by atoms with E-state index in [1.807, 2.05) is 29.3 Å². The normalized spacial score (nSPS) is 15.9. The summed E-state index contributed by atoms with van der Waals surface area (Å²) in [6.45, 7) is 4.77. The first kappa shape index (κ1) is 15.9. The first-order valence-electron chi connectivity index (χ1n) is 6.34. The van der Waals surface area contributed by atoms with E-state index in [0.29, 0.717) is 6.54 Å². The smallest absolute Gasteiger partial charge is 0.236 e. The Hall–Kier alpha value is -1.17. The number of halogens is 1. The minimum absolute atomic E-state index is 0. The third kappa shape index (κ3) is 4.78. The first-order chi connectivity index (χ1) is 8.79. The van der Waals surface area contributed by atoms with Crippen molar-refractivity contribution in [3.63, 3.8) is 0 Å². The quantitative estimate of drug-likeness (QED) is 0.868. The van der Waals surface area contributed by atoms with Gasteiger partial charge in [-0.05, 0) is 19.2 Å². The second kappa shape index (κ2) is 8.09. The Morgan fingerprint density at radius 1 is 1.32 bits per heavy atom. The predicted molar refractivity (Wildman–Crippen MR) is 77.3 cm³/mol. The van der Waals surface area contributed by atoms with Crippen molar-refractivity contribution in [3.05, 3.63) is 30.1 Å². The van der Waals surface area contributed by atoms with Crippen molar-refractivity contribution in [1.82, 2.24) is 20.1 Å². The molecule has 0 saturated carbocycles. The molecule has 2 rings (SSSR count). The number of hydrogen-bond acceptors (Lipinski definition) is 4. The first-order valence-corrected chi connectivity index (χ1v) is 6.34. The molecule has 1 fully saturated rings. The van der Waals surface area contributed by atoms with Gasteiger partial charge >= 0.3 is 0 Å². The van der Waals surface area contributed by atoms with E-state index in [4.69, 9.17) is 0 Å². The molecule has 0 aromatic carbocycles. The van der Waals surface area contributed by atoms with E-state index in [9.17, 15) is 4.79 Å². The zero-order chi connectivity index (χ0) is 12.8. The van der Waals surface area contributed by atoms with E-state index >= 15 is 0 Å². The summed E-state index contributed by atoms with van der Waals surface area (Å²) in [5.74, 6) is 0.190. The van der Waals surface area contributed by atoms with E-state index in [2.05, 4.69) is 15.2 Å². The number of amides is 1. The van der Waals surface area contributed by atoms with Crippen LogP contribution in [0.4, 0.5) is 0 Å². The fourth-order valence-corrected chi connectivity index (χ4v) is 2.14. The molecule has 1 amide bonds. The molecule has 0 radical (unpaired) electrons. The van der Waals surface area contributed by atoms with Crippen LogP contribution in [0.15, 0.2) is 24.4 Å². The predicted octanol–water partition coefficient (Wildman–Crippen LogP) is 0.367. The van der Waals surface area contributed by atoms with E-state index < -0.39 is 0 Å². The van der Waals surface area contributed by atoms with Gasteiger partial charge in [0.1, 0.15) is 0 Å². The summed E-state index contributed by atoms with van der Waals surface area (Å²) in [4.78, 5) is 20.3. The fourth-order valence-electron chi connectivity index (χ4n) is 2.14. The summed E-state index contributed by atoms with van der Waals surface area (Å²) in [5.41, 5.74) is 1.09. The van der Waals surface area contributed by atoms with Crippen molar-refractivity contribution in [3.8, 4) is 0 Å². The maximum Gasteiger partial charge on any atom is 0.236 e. The van der Waals surface area contributed by atoms with Crippen LogP contribution in [-0.2, 0) is 11.3 Å². The SMILES string of the molecule is CNCC(=O)N1CCN(Cc2ccccn2)CC1.Cl. The van der Waals surface area contributed by atoms with Gasteiger partial charge in [-0.2, -0.15) is 0 Å². The lowest BCUT2D eigenvalue weighted by Gasteiger charge is -2.34. The van der Waals surface area contributed by atoms with E-state index in [-0.39, 0.29) is 18.3 Å². The Kier molecular flexibility index (Phi) is 6.77. The molecule has 1 aliphatic rings. The number of hydrogen-bond donors (Lipinski definition) is 1. The molecule has 1 N–H and O–H groups in total. The highest BCUT2D eigenvalue weighted by molar-refractivity contribution is 5.85. The molecule has 2 heterocycles. The van der Waals surface area contributed by atoms with Crippen LogP contribution in [-0.4, -0.2) is 60.5 Å². The molecule has 0 atom stereocenters. The van der Waals surface area contributed by atoms with Crippen LogP contribution in [0, 0.1) is 0 Å². The monoisotopic (exact) mass is 284 g/mol. The Morgan fingerprint density at radius 3 is 2.63 bits per heavy atom. The molecule has 6 heteroatoms. The summed E-state index contributed by atoms with van der Waals surface area (Å²) in [5, 5.41) is 2.90. The van der Waals surface area contributed by atoms with Gasteiger partial charge in [0.15, 0.2) is 0 Å². The molecule has 1 aliphatic heterocycles. The number of likely N-dealkylation sites (N-methyl/N-ethyl adjacent to an activating group) is 1. The van der Waals surface area contributed by atoms with Crippen molar-refractivity contribution in [2.75, 3.05) is 39.8 Å². The Bertz CT molecular complexity index is 379. The van der Waals surface area contributed by atoms with Crippen LogP contribution < -0.4 is 5.32 Å².